The molecule has 0 aliphatic heterocycles. The molecule has 0 bridgehead atoms. The number of anilines is 2. The van der Waals surface area contributed by atoms with E-state index in [1.165, 1.54) is 0 Å². The summed E-state index contributed by atoms with van der Waals surface area (Å²) in [4.78, 5) is 4.33. The van der Waals surface area contributed by atoms with E-state index in [0.717, 1.165) is 22.7 Å². The lowest BCUT2D eigenvalue weighted by atomic mass is 10.1. The summed E-state index contributed by atoms with van der Waals surface area (Å²) < 4.78 is 10.6. The van der Waals surface area contributed by atoms with Crippen molar-refractivity contribution in [1.82, 2.24) is 4.98 Å². The van der Waals surface area contributed by atoms with E-state index >= 15 is 0 Å². The summed E-state index contributed by atoms with van der Waals surface area (Å²) in [6, 6.07) is 7.85. The molecule has 2 rings (SSSR count). The maximum atomic E-state index is 5.72. The number of nitrogens with two attached hydrogens (primary N) is 1. The van der Waals surface area contributed by atoms with Gasteiger partial charge in [0.1, 0.15) is 5.82 Å². The van der Waals surface area contributed by atoms with E-state index in [4.69, 9.17) is 15.2 Å². The number of benzene rings is 1. The molecular weight excluding hydrogens is 266 g/mol. The molecule has 21 heavy (non-hydrogen) atoms. The van der Waals surface area contributed by atoms with Crippen LogP contribution in [0.15, 0.2) is 30.5 Å². The Labute approximate surface area is 125 Å². The number of aromatic nitrogens is 1. The molecule has 0 radical (unpaired) electrons. The smallest absolute Gasteiger partial charge is 0.161 e. The minimum atomic E-state index is 0.0830. The Morgan fingerprint density at radius 1 is 1.14 bits per heavy atom. The summed E-state index contributed by atoms with van der Waals surface area (Å²) >= 11 is 0. The third kappa shape index (κ3) is 3.37. The molecule has 5 heteroatoms. The van der Waals surface area contributed by atoms with Gasteiger partial charge in [-0.2, -0.15) is 0 Å². The van der Waals surface area contributed by atoms with Crippen LogP contribution in [0, 0.1) is 6.92 Å². The number of ether oxygens (including phenoxy) is 2. The van der Waals surface area contributed by atoms with Gasteiger partial charge < -0.3 is 20.5 Å². The number of aryl methyl sites for hydroxylation is 1. The molecule has 1 aromatic carbocycles. The largest absolute Gasteiger partial charge is 0.493 e. The van der Waals surface area contributed by atoms with Crippen LogP contribution >= 0.6 is 0 Å². The summed E-state index contributed by atoms with van der Waals surface area (Å²) in [5.41, 5.74) is 8.49. The van der Waals surface area contributed by atoms with Gasteiger partial charge in [0.25, 0.3) is 0 Å². The van der Waals surface area contributed by atoms with Crippen molar-refractivity contribution >= 4 is 11.5 Å². The average Bonchev–Trinajstić information content (AvgIpc) is 2.49. The normalized spacial score (nSPS) is 11.8. The van der Waals surface area contributed by atoms with E-state index in [0.29, 0.717) is 11.4 Å². The van der Waals surface area contributed by atoms with E-state index < -0.39 is 0 Å². The second kappa shape index (κ2) is 6.35. The van der Waals surface area contributed by atoms with Crippen LogP contribution in [0.1, 0.15) is 24.1 Å². The highest BCUT2D eigenvalue weighted by Gasteiger charge is 2.11. The first kappa shape index (κ1) is 15.0. The average molecular weight is 287 g/mol. The van der Waals surface area contributed by atoms with E-state index in [2.05, 4.69) is 17.2 Å². The van der Waals surface area contributed by atoms with Gasteiger partial charge in [0, 0.05) is 0 Å². The molecule has 0 saturated heterocycles. The Kier molecular flexibility index (Phi) is 4.52. The molecule has 0 spiro atoms. The number of rotatable bonds is 5. The number of hydrogen-bond acceptors (Lipinski definition) is 5. The lowest BCUT2D eigenvalue weighted by molar-refractivity contribution is 0.354. The molecule has 2 aromatic rings. The lowest BCUT2D eigenvalue weighted by Crippen LogP contribution is -2.09. The highest BCUT2D eigenvalue weighted by Crippen LogP contribution is 2.31. The molecule has 0 amide bonds. The van der Waals surface area contributed by atoms with E-state index in [1.807, 2.05) is 31.2 Å². The van der Waals surface area contributed by atoms with Crippen LogP contribution in [0.5, 0.6) is 11.5 Å². The summed E-state index contributed by atoms with van der Waals surface area (Å²) in [6.07, 6.45) is 1.65. The van der Waals surface area contributed by atoms with Crippen molar-refractivity contribution in [3.63, 3.8) is 0 Å². The number of nitrogens with one attached hydrogen (secondary N) is 1. The first-order chi connectivity index (χ1) is 10.0. The predicted octanol–water partition coefficient (Wildman–Crippen LogP) is 3.16. The van der Waals surface area contributed by atoms with Gasteiger partial charge in [-0.25, -0.2) is 4.98 Å². The van der Waals surface area contributed by atoms with Crippen LogP contribution in [0.3, 0.4) is 0 Å². The minimum absolute atomic E-state index is 0.0830. The maximum Gasteiger partial charge on any atom is 0.161 e. The monoisotopic (exact) mass is 287 g/mol. The van der Waals surface area contributed by atoms with Gasteiger partial charge in [-0.1, -0.05) is 6.07 Å². The number of hydrogen-bond donors (Lipinski definition) is 2. The molecule has 3 N–H and O–H groups in total. The van der Waals surface area contributed by atoms with Crippen molar-refractivity contribution in [3.05, 3.63) is 41.6 Å². The zero-order chi connectivity index (χ0) is 15.4. The molecule has 1 atom stereocenters. The van der Waals surface area contributed by atoms with E-state index in [1.54, 1.807) is 20.4 Å². The molecule has 0 fully saturated rings. The van der Waals surface area contributed by atoms with Gasteiger partial charge in [-0.3, -0.25) is 0 Å². The van der Waals surface area contributed by atoms with Crippen LogP contribution in [0.4, 0.5) is 11.5 Å². The first-order valence-electron chi connectivity index (χ1n) is 6.75. The van der Waals surface area contributed by atoms with Crippen LogP contribution in [0.2, 0.25) is 0 Å². The van der Waals surface area contributed by atoms with Crippen molar-refractivity contribution in [2.75, 3.05) is 25.3 Å². The van der Waals surface area contributed by atoms with E-state index in [9.17, 15) is 0 Å². The maximum absolute atomic E-state index is 5.72. The van der Waals surface area contributed by atoms with Gasteiger partial charge in [-0.15, -0.1) is 0 Å². The lowest BCUT2D eigenvalue weighted by Gasteiger charge is -2.18. The number of methoxy groups -OCH3 is 2. The molecule has 1 unspecified atom stereocenters. The zero-order valence-electron chi connectivity index (χ0n) is 12.8. The Balaban J connectivity index is 2.21. The summed E-state index contributed by atoms with van der Waals surface area (Å²) in [7, 11) is 3.26. The van der Waals surface area contributed by atoms with Crippen molar-refractivity contribution in [2.45, 2.75) is 19.9 Å². The minimum Gasteiger partial charge on any atom is -0.493 e. The third-order valence-electron chi connectivity index (χ3n) is 3.36. The molecule has 0 saturated carbocycles. The number of nitrogen functional groups attached to an aromatic ring is 1. The molecule has 1 heterocycles. The van der Waals surface area contributed by atoms with Crippen LogP contribution in [-0.2, 0) is 0 Å². The summed E-state index contributed by atoms with van der Waals surface area (Å²) in [5.74, 6) is 2.26. The second-order valence-electron chi connectivity index (χ2n) is 4.91. The summed E-state index contributed by atoms with van der Waals surface area (Å²) in [6.45, 7) is 4.05. The van der Waals surface area contributed by atoms with Gasteiger partial charge in [0.05, 0.1) is 32.1 Å². The Morgan fingerprint density at radius 2 is 1.86 bits per heavy atom. The van der Waals surface area contributed by atoms with E-state index in [-0.39, 0.29) is 6.04 Å². The predicted molar refractivity (Wildman–Crippen MR) is 85.0 cm³/mol. The number of nitrogens with zero attached hydrogens (tertiary/aromatic N) is 1. The highest BCUT2D eigenvalue weighted by molar-refractivity contribution is 5.52. The zero-order valence-corrected chi connectivity index (χ0v) is 12.8. The van der Waals surface area contributed by atoms with Gasteiger partial charge >= 0.3 is 0 Å². The summed E-state index contributed by atoms with van der Waals surface area (Å²) in [5, 5.41) is 3.38. The quantitative estimate of drug-likeness (QED) is 0.884. The SMILES string of the molecule is COc1ccc(C(C)Nc2ncc(N)cc2C)cc1OC. The van der Waals surface area contributed by atoms with Crippen molar-refractivity contribution in [2.24, 2.45) is 0 Å². The van der Waals surface area contributed by atoms with Crippen molar-refractivity contribution in [3.8, 4) is 11.5 Å². The number of pyridine rings is 1. The van der Waals surface area contributed by atoms with Crippen LogP contribution in [0.25, 0.3) is 0 Å². The molecule has 5 nitrogen and oxygen atoms in total. The van der Waals surface area contributed by atoms with Crippen LogP contribution in [-0.4, -0.2) is 19.2 Å². The Morgan fingerprint density at radius 3 is 2.48 bits per heavy atom. The van der Waals surface area contributed by atoms with Gasteiger partial charge in [0.2, 0.25) is 0 Å². The molecule has 112 valence electrons. The van der Waals surface area contributed by atoms with Crippen LogP contribution < -0.4 is 20.5 Å². The standard InChI is InChI=1S/C16H21N3O2/c1-10-7-13(17)9-18-16(10)19-11(2)12-5-6-14(20-3)15(8-12)21-4/h5-9,11H,17H2,1-4H3,(H,18,19). The van der Waals surface area contributed by atoms with Crippen molar-refractivity contribution in [1.29, 1.82) is 0 Å². The molecule has 1 aromatic heterocycles. The topological polar surface area (TPSA) is 69.4 Å². The highest BCUT2D eigenvalue weighted by atomic mass is 16.5. The fourth-order valence-electron chi connectivity index (χ4n) is 2.16. The molecular formula is C16H21N3O2. The fraction of sp³-hybridized carbons (Fsp3) is 0.312. The molecule has 0 aliphatic carbocycles. The first-order valence-corrected chi connectivity index (χ1v) is 6.75. The fourth-order valence-corrected chi connectivity index (χ4v) is 2.16. The van der Waals surface area contributed by atoms with Crippen molar-refractivity contribution < 1.29 is 9.47 Å². The second-order valence-corrected chi connectivity index (χ2v) is 4.91. The Hall–Kier alpha value is -2.43. The van der Waals surface area contributed by atoms with Gasteiger partial charge in [-0.05, 0) is 43.2 Å². The van der Waals surface area contributed by atoms with Gasteiger partial charge in [0.15, 0.2) is 11.5 Å². The Bertz CT molecular complexity index is 629. The third-order valence-corrected chi connectivity index (χ3v) is 3.36. The molecule has 0 aliphatic rings.